The van der Waals surface area contributed by atoms with E-state index in [1.165, 1.54) is 30.2 Å². The second-order valence-corrected chi connectivity index (χ2v) is 7.70. The van der Waals surface area contributed by atoms with Gasteiger partial charge in [0.1, 0.15) is 0 Å². The zero-order chi connectivity index (χ0) is 17.5. The Morgan fingerprint density at radius 1 is 1.08 bits per heavy atom. The molecule has 1 saturated heterocycles. The molecule has 1 heterocycles. The molecule has 1 N–H and O–H groups in total. The third-order valence-corrected chi connectivity index (χ3v) is 5.71. The number of hydrogen-bond acceptors (Lipinski definition) is 3. The number of thioether (sulfide) groups is 1. The summed E-state index contributed by atoms with van der Waals surface area (Å²) < 4.78 is 0. The van der Waals surface area contributed by atoms with Crippen molar-refractivity contribution in [2.45, 2.75) is 23.8 Å². The van der Waals surface area contributed by atoms with E-state index in [9.17, 15) is 4.79 Å². The van der Waals surface area contributed by atoms with Crippen LogP contribution in [0.5, 0.6) is 0 Å². The quantitative estimate of drug-likeness (QED) is 0.729. The zero-order valence-electron chi connectivity index (χ0n) is 14.2. The summed E-state index contributed by atoms with van der Waals surface area (Å²) in [6.45, 7) is 2.87. The molecular formula is C20H23ClN2OS. The van der Waals surface area contributed by atoms with Gasteiger partial charge >= 0.3 is 0 Å². The van der Waals surface area contributed by atoms with Crippen molar-refractivity contribution in [1.82, 2.24) is 10.2 Å². The minimum atomic E-state index is 0.0695. The van der Waals surface area contributed by atoms with Crippen molar-refractivity contribution < 1.29 is 4.79 Å². The zero-order valence-corrected chi connectivity index (χ0v) is 15.7. The van der Waals surface area contributed by atoms with Gasteiger partial charge in [-0.15, -0.1) is 11.8 Å². The molecule has 0 aliphatic carbocycles. The fraction of sp³-hybridized carbons (Fsp3) is 0.350. The molecule has 3 rings (SSSR count). The van der Waals surface area contributed by atoms with E-state index in [0.29, 0.717) is 17.3 Å². The van der Waals surface area contributed by atoms with Crippen molar-refractivity contribution in [2.24, 2.45) is 0 Å². The Kier molecular flexibility index (Phi) is 6.79. The van der Waals surface area contributed by atoms with Crippen LogP contribution in [-0.2, 0) is 4.79 Å². The maximum absolute atomic E-state index is 12.3. The smallest absolute Gasteiger partial charge is 0.230 e. The largest absolute Gasteiger partial charge is 0.353 e. The lowest BCUT2D eigenvalue weighted by Crippen LogP contribution is -2.37. The molecule has 2 aromatic rings. The summed E-state index contributed by atoms with van der Waals surface area (Å²) in [4.78, 5) is 15.8. The van der Waals surface area contributed by atoms with E-state index >= 15 is 0 Å². The fourth-order valence-corrected chi connectivity index (χ4v) is 3.98. The van der Waals surface area contributed by atoms with Crippen molar-refractivity contribution in [3.8, 4) is 0 Å². The predicted molar refractivity (Wildman–Crippen MR) is 105 cm³/mol. The Morgan fingerprint density at radius 2 is 1.76 bits per heavy atom. The van der Waals surface area contributed by atoms with Gasteiger partial charge in [-0.2, -0.15) is 0 Å². The van der Waals surface area contributed by atoms with Gasteiger partial charge in [0, 0.05) is 16.5 Å². The molecule has 0 aromatic heterocycles. The highest BCUT2D eigenvalue weighted by molar-refractivity contribution is 8.00. The maximum atomic E-state index is 12.3. The van der Waals surface area contributed by atoms with Crippen LogP contribution >= 0.6 is 23.4 Å². The van der Waals surface area contributed by atoms with Crippen LogP contribution in [0.3, 0.4) is 0 Å². The summed E-state index contributed by atoms with van der Waals surface area (Å²) in [6.07, 6.45) is 2.48. The average molecular weight is 375 g/mol. The van der Waals surface area contributed by atoms with Crippen molar-refractivity contribution in [2.75, 3.05) is 25.4 Å². The number of hydrogen-bond donors (Lipinski definition) is 1. The van der Waals surface area contributed by atoms with Gasteiger partial charge in [0.05, 0.1) is 11.8 Å². The molecule has 1 aliphatic rings. The van der Waals surface area contributed by atoms with E-state index in [-0.39, 0.29) is 11.9 Å². The Labute approximate surface area is 158 Å². The third-order valence-electron chi connectivity index (χ3n) is 4.44. The molecule has 2 aromatic carbocycles. The number of likely N-dealkylation sites (tertiary alicyclic amines) is 1. The molecular weight excluding hydrogens is 352 g/mol. The van der Waals surface area contributed by atoms with E-state index in [1.54, 1.807) is 0 Å². The number of carbonyl (C=O) groups excluding carboxylic acids is 1. The van der Waals surface area contributed by atoms with Crippen LogP contribution < -0.4 is 5.32 Å². The molecule has 25 heavy (non-hydrogen) atoms. The lowest BCUT2D eigenvalue weighted by molar-refractivity contribution is -0.118. The summed E-state index contributed by atoms with van der Waals surface area (Å²) in [5.74, 6) is 0.489. The van der Waals surface area contributed by atoms with Gasteiger partial charge in [0.2, 0.25) is 5.91 Å². The van der Waals surface area contributed by atoms with E-state index in [2.05, 4.69) is 34.5 Å². The van der Waals surface area contributed by atoms with Gasteiger partial charge in [-0.1, -0.05) is 41.9 Å². The summed E-state index contributed by atoms with van der Waals surface area (Å²) in [6, 6.07) is 18.3. The second-order valence-electron chi connectivity index (χ2n) is 6.22. The van der Waals surface area contributed by atoms with Crippen molar-refractivity contribution in [3.63, 3.8) is 0 Å². The van der Waals surface area contributed by atoms with E-state index in [4.69, 9.17) is 11.6 Å². The van der Waals surface area contributed by atoms with Crippen LogP contribution in [0.25, 0.3) is 0 Å². The van der Waals surface area contributed by atoms with Crippen molar-refractivity contribution >= 4 is 29.3 Å². The molecule has 0 bridgehead atoms. The van der Waals surface area contributed by atoms with Crippen LogP contribution in [0.4, 0.5) is 0 Å². The van der Waals surface area contributed by atoms with Gasteiger partial charge in [-0.05, 0) is 55.8 Å². The van der Waals surface area contributed by atoms with Gasteiger partial charge in [0.15, 0.2) is 0 Å². The van der Waals surface area contributed by atoms with Gasteiger partial charge < -0.3 is 5.32 Å². The SMILES string of the molecule is O=C(CSc1ccc(Cl)cc1)NCC(c1ccccc1)N1CCCC1. The second kappa shape index (κ2) is 9.27. The van der Waals surface area contributed by atoms with Gasteiger partial charge in [-0.3, -0.25) is 9.69 Å². The number of carbonyl (C=O) groups is 1. The van der Waals surface area contributed by atoms with E-state index < -0.39 is 0 Å². The lowest BCUT2D eigenvalue weighted by atomic mass is 10.1. The molecule has 0 radical (unpaired) electrons. The first-order valence-corrected chi connectivity index (χ1v) is 10.0. The molecule has 1 unspecified atom stereocenters. The monoisotopic (exact) mass is 374 g/mol. The first-order valence-electron chi connectivity index (χ1n) is 8.66. The molecule has 1 fully saturated rings. The van der Waals surface area contributed by atoms with Gasteiger partial charge in [0.25, 0.3) is 0 Å². The summed E-state index contributed by atoms with van der Waals surface area (Å²) in [7, 11) is 0. The van der Waals surface area contributed by atoms with Crippen LogP contribution in [0.15, 0.2) is 59.5 Å². The molecule has 0 spiro atoms. The first-order chi connectivity index (χ1) is 12.2. The number of benzene rings is 2. The molecule has 1 atom stereocenters. The number of halogens is 1. The predicted octanol–water partition coefficient (Wildman–Crippen LogP) is 4.39. The summed E-state index contributed by atoms with van der Waals surface area (Å²) in [5, 5.41) is 3.83. The Balaban J connectivity index is 1.53. The summed E-state index contributed by atoms with van der Waals surface area (Å²) in [5.41, 5.74) is 1.27. The topological polar surface area (TPSA) is 32.3 Å². The first kappa shape index (κ1) is 18.3. The number of rotatable bonds is 7. The van der Waals surface area contributed by atoms with Crippen LogP contribution in [0.2, 0.25) is 5.02 Å². The number of nitrogens with one attached hydrogen (secondary N) is 1. The minimum absolute atomic E-state index is 0.0695. The highest BCUT2D eigenvalue weighted by Crippen LogP contribution is 2.25. The maximum Gasteiger partial charge on any atom is 0.230 e. The molecule has 0 saturated carbocycles. The number of amides is 1. The van der Waals surface area contributed by atoms with E-state index in [1.807, 2.05) is 30.3 Å². The van der Waals surface area contributed by atoms with Crippen LogP contribution in [0.1, 0.15) is 24.4 Å². The van der Waals surface area contributed by atoms with Gasteiger partial charge in [-0.25, -0.2) is 0 Å². The third kappa shape index (κ3) is 5.50. The average Bonchev–Trinajstić information content (AvgIpc) is 3.17. The molecule has 5 heteroatoms. The van der Waals surface area contributed by atoms with Crippen molar-refractivity contribution in [3.05, 3.63) is 65.2 Å². The van der Waals surface area contributed by atoms with Crippen LogP contribution in [-0.4, -0.2) is 36.2 Å². The fourth-order valence-electron chi connectivity index (χ4n) is 3.13. The van der Waals surface area contributed by atoms with E-state index in [0.717, 1.165) is 18.0 Å². The minimum Gasteiger partial charge on any atom is -0.353 e. The standard InChI is InChI=1S/C20H23ClN2OS/c21-17-8-10-18(11-9-17)25-15-20(24)22-14-19(23-12-4-5-13-23)16-6-2-1-3-7-16/h1-3,6-11,19H,4-5,12-15H2,(H,22,24). The molecule has 1 aliphatic heterocycles. The Morgan fingerprint density at radius 3 is 2.44 bits per heavy atom. The molecule has 1 amide bonds. The Hall–Kier alpha value is -1.49. The number of nitrogens with zero attached hydrogens (tertiary/aromatic N) is 1. The summed E-state index contributed by atoms with van der Waals surface area (Å²) >= 11 is 7.42. The molecule has 132 valence electrons. The van der Waals surface area contributed by atoms with Crippen LogP contribution in [0, 0.1) is 0 Å². The Bertz CT molecular complexity index is 672. The highest BCUT2D eigenvalue weighted by atomic mass is 35.5. The highest BCUT2D eigenvalue weighted by Gasteiger charge is 2.23. The normalized spacial score (nSPS) is 15.9. The molecule has 3 nitrogen and oxygen atoms in total. The lowest BCUT2D eigenvalue weighted by Gasteiger charge is -2.28. The van der Waals surface area contributed by atoms with Crippen molar-refractivity contribution in [1.29, 1.82) is 0 Å².